The van der Waals surface area contributed by atoms with Crippen molar-refractivity contribution < 1.29 is 9.52 Å². The lowest BCUT2D eigenvalue weighted by Gasteiger charge is -2.12. The molecule has 0 saturated heterocycles. The lowest BCUT2D eigenvalue weighted by atomic mass is 9.98. The first-order valence-corrected chi connectivity index (χ1v) is 7.00. The van der Waals surface area contributed by atoms with E-state index >= 15 is 0 Å². The van der Waals surface area contributed by atoms with Gasteiger partial charge in [-0.25, -0.2) is 0 Å². The number of aliphatic hydroxyl groups excluding tert-OH is 1. The van der Waals surface area contributed by atoms with Crippen LogP contribution in [0.15, 0.2) is 65.3 Å². The zero-order valence-corrected chi connectivity index (χ0v) is 11.3. The Kier molecular flexibility index (Phi) is 3.84. The predicted octanol–water partition coefficient (Wildman–Crippen LogP) is 3.97. The third-order valence-electron chi connectivity index (χ3n) is 3.64. The maximum atomic E-state index is 10.2. The SMILES string of the molecule is OC(CCc1ccco1)Cc1cccc2ccccc12. The molecular weight excluding hydrogens is 248 g/mol. The zero-order chi connectivity index (χ0) is 13.8. The summed E-state index contributed by atoms with van der Waals surface area (Å²) >= 11 is 0. The molecule has 2 heteroatoms. The molecule has 1 atom stereocenters. The first kappa shape index (κ1) is 12.9. The van der Waals surface area contributed by atoms with E-state index in [1.807, 2.05) is 24.3 Å². The van der Waals surface area contributed by atoms with Gasteiger partial charge in [-0.1, -0.05) is 42.5 Å². The van der Waals surface area contributed by atoms with E-state index in [1.54, 1.807) is 6.26 Å². The minimum absolute atomic E-state index is 0.342. The summed E-state index contributed by atoms with van der Waals surface area (Å²) in [5, 5.41) is 12.7. The molecule has 0 aliphatic carbocycles. The summed E-state index contributed by atoms with van der Waals surface area (Å²) in [5.74, 6) is 0.932. The summed E-state index contributed by atoms with van der Waals surface area (Å²) in [6, 6.07) is 18.4. The Labute approximate surface area is 118 Å². The summed E-state index contributed by atoms with van der Waals surface area (Å²) in [6.45, 7) is 0. The molecule has 0 aliphatic heterocycles. The summed E-state index contributed by atoms with van der Waals surface area (Å²) in [4.78, 5) is 0. The van der Waals surface area contributed by atoms with Gasteiger partial charge in [0.1, 0.15) is 5.76 Å². The fourth-order valence-electron chi connectivity index (χ4n) is 2.59. The van der Waals surface area contributed by atoms with Gasteiger partial charge in [0, 0.05) is 6.42 Å². The molecule has 3 aromatic rings. The number of aryl methyl sites for hydroxylation is 1. The molecule has 0 radical (unpaired) electrons. The average molecular weight is 266 g/mol. The highest BCUT2D eigenvalue weighted by Crippen LogP contribution is 2.20. The van der Waals surface area contributed by atoms with Gasteiger partial charge in [-0.15, -0.1) is 0 Å². The zero-order valence-electron chi connectivity index (χ0n) is 11.3. The molecule has 0 spiro atoms. The van der Waals surface area contributed by atoms with Gasteiger partial charge >= 0.3 is 0 Å². The van der Waals surface area contributed by atoms with Crippen molar-refractivity contribution in [2.75, 3.05) is 0 Å². The van der Waals surface area contributed by atoms with Crippen molar-refractivity contribution >= 4 is 10.8 Å². The molecule has 0 aliphatic rings. The molecular formula is C18H18O2. The van der Waals surface area contributed by atoms with Crippen LogP contribution in [-0.4, -0.2) is 11.2 Å². The van der Waals surface area contributed by atoms with E-state index in [2.05, 4.69) is 30.3 Å². The number of furan rings is 1. The van der Waals surface area contributed by atoms with Crippen molar-refractivity contribution in [1.29, 1.82) is 0 Å². The maximum absolute atomic E-state index is 10.2. The van der Waals surface area contributed by atoms with Gasteiger partial charge in [0.15, 0.2) is 0 Å². The third kappa shape index (κ3) is 2.91. The third-order valence-corrected chi connectivity index (χ3v) is 3.64. The second-order valence-electron chi connectivity index (χ2n) is 5.11. The number of hydrogen-bond donors (Lipinski definition) is 1. The quantitative estimate of drug-likeness (QED) is 0.758. The minimum Gasteiger partial charge on any atom is -0.469 e. The van der Waals surface area contributed by atoms with Crippen LogP contribution in [0.5, 0.6) is 0 Å². The van der Waals surface area contributed by atoms with Crippen LogP contribution in [0.25, 0.3) is 10.8 Å². The Morgan fingerprint density at radius 3 is 2.65 bits per heavy atom. The molecule has 1 unspecified atom stereocenters. The summed E-state index contributed by atoms with van der Waals surface area (Å²) in [5.41, 5.74) is 1.20. The number of hydrogen-bond acceptors (Lipinski definition) is 2. The fourth-order valence-corrected chi connectivity index (χ4v) is 2.59. The molecule has 102 valence electrons. The minimum atomic E-state index is -0.342. The largest absolute Gasteiger partial charge is 0.469 e. The van der Waals surface area contributed by atoms with E-state index in [0.717, 1.165) is 18.6 Å². The standard InChI is InChI=1S/C18H18O2/c19-16(10-11-17-8-4-12-20-17)13-15-7-3-6-14-5-1-2-9-18(14)15/h1-9,12,16,19H,10-11,13H2. The van der Waals surface area contributed by atoms with Crippen LogP contribution in [-0.2, 0) is 12.8 Å². The molecule has 1 N–H and O–H groups in total. The predicted molar refractivity (Wildman–Crippen MR) is 80.7 cm³/mol. The Morgan fingerprint density at radius 2 is 1.80 bits per heavy atom. The highest BCUT2D eigenvalue weighted by molar-refractivity contribution is 5.85. The Morgan fingerprint density at radius 1 is 0.950 bits per heavy atom. The second-order valence-corrected chi connectivity index (χ2v) is 5.11. The summed E-state index contributed by atoms with van der Waals surface area (Å²) in [7, 11) is 0. The molecule has 0 fully saturated rings. The van der Waals surface area contributed by atoms with Crippen molar-refractivity contribution in [3.63, 3.8) is 0 Å². The van der Waals surface area contributed by atoms with Gasteiger partial charge in [-0.2, -0.15) is 0 Å². The van der Waals surface area contributed by atoms with E-state index in [1.165, 1.54) is 16.3 Å². The first-order chi connectivity index (χ1) is 9.83. The second kappa shape index (κ2) is 5.93. The van der Waals surface area contributed by atoms with Crippen LogP contribution in [0.3, 0.4) is 0 Å². The molecule has 0 bridgehead atoms. The van der Waals surface area contributed by atoms with Crippen LogP contribution in [0.1, 0.15) is 17.7 Å². The van der Waals surface area contributed by atoms with E-state index in [0.29, 0.717) is 6.42 Å². The Hall–Kier alpha value is -2.06. The summed E-state index contributed by atoms with van der Waals surface area (Å²) in [6.07, 6.45) is 3.51. The molecule has 2 aromatic carbocycles. The molecule has 0 amide bonds. The smallest absolute Gasteiger partial charge is 0.103 e. The number of fused-ring (bicyclic) bond motifs is 1. The Balaban J connectivity index is 1.69. The van der Waals surface area contributed by atoms with Crippen LogP contribution in [0.4, 0.5) is 0 Å². The lowest BCUT2D eigenvalue weighted by molar-refractivity contribution is 0.163. The number of benzene rings is 2. The van der Waals surface area contributed by atoms with Crippen LogP contribution in [0.2, 0.25) is 0 Å². The van der Waals surface area contributed by atoms with Crippen molar-refractivity contribution in [2.45, 2.75) is 25.4 Å². The van der Waals surface area contributed by atoms with Crippen molar-refractivity contribution in [3.05, 3.63) is 72.2 Å². The average Bonchev–Trinajstić information content (AvgIpc) is 2.99. The van der Waals surface area contributed by atoms with Gasteiger partial charge < -0.3 is 9.52 Å². The van der Waals surface area contributed by atoms with E-state index in [-0.39, 0.29) is 6.10 Å². The van der Waals surface area contributed by atoms with Gasteiger partial charge in [0.2, 0.25) is 0 Å². The monoisotopic (exact) mass is 266 g/mol. The summed E-state index contributed by atoms with van der Waals surface area (Å²) < 4.78 is 5.29. The molecule has 3 rings (SSSR count). The molecule has 20 heavy (non-hydrogen) atoms. The van der Waals surface area contributed by atoms with Gasteiger partial charge in [-0.3, -0.25) is 0 Å². The van der Waals surface area contributed by atoms with Crippen molar-refractivity contribution in [2.24, 2.45) is 0 Å². The molecule has 2 nitrogen and oxygen atoms in total. The fraction of sp³-hybridized carbons (Fsp3) is 0.222. The topological polar surface area (TPSA) is 33.4 Å². The van der Waals surface area contributed by atoms with Crippen molar-refractivity contribution in [3.8, 4) is 0 Å². The molecule has 1 aromatic heterocycles. The van der Waals surface area contributed by atoms with Crippen LogP contribution >= 0.6 is 0 Å². The van der Waals surface area contributed by atoms with E-state index in [4.69, 9.17) is 4.42 Å². The van der Waals surface area contributed by atoms with E-state index in [9.17, 15) is 5.11 Å². The van der Waals surface area contributed by atoms with Gasteiger partial charge in [0.05, 0.1) is 12.4 Å². The Bertz CT molecular complexity index is 665. The van der Waals surface area contributed by atoms with Crippen LogP contribution in [0, 0.1) is 0 Å². The van der Waals surface area contributed by atoms with Crippen LogP contribution < -0.4 is 0 Å². The van der Waals surface area contributed by atoms with Crippen molar-refractivity contribution in [1.82, 2.24) is 0 Å². The normalized spacial score (nSPS) is 12.7. The van der Waals surface area contributed by atoms with E-state index < -0.39 is 0 Å². The highest BCUT2D eigenvalue weighted by atomic mass is 16.3. The molecule has 0 saturated carbocycles. The number of aliphatic hydroxyl groups is 1. The highest BCUT2D eigenvalue weighted by Gasteiger charge is 2.09. The lowest BCUT2D eigenvalue weighted by Crippen LogP contribution is -2.11. The first-order valence-electron chi connectivity index (χ1n) is 7.00. The maximum Gasteiger partial charge on any atom is 0.103 e. The van der Waals surface area contributed by atoms with Gasteiger partial charge in [0.25, 0.3) is 0 Å². The van der Waals surface area contributed by atoms with Gasteiger partial charge in [-0.05, 0) is 41.3 Å². The number of rotatable bonds is 5. The molecule has 1 heterocycles.